The highest BCUT2D eigenvalue weighted by molar-refractivity contribution is 7.09. The smallest absolute Gasteiger partial charge is 0.321 e. The van der Waals surface area contributed by atoms with E-state index >= 15 is 4.79 Å². The van der Waals surface area contributed by atoms with Crippen LogP contribution in [0.15, 0.2) is 132 Å². The maximum Gasteiger partial charge on any atom is 0.321 e. The molecule has 3 N–H and O–H groups in total. The summed E-state index contributed by atoms with van der Waals surface area (Å²) in [7, 11) is 0. The van der Waals surface area contributed by atoms with E-state index in [1.807, 2.05) is 102 Å². The number of benzene rings is 4. The van der Waals surface area contributed by atoms with Crippen molar-refractivity contribution in [3.05, 3.63) is 159 Å². The fourth-order valence-electron chi connectivity index (χ4n) is 8.88. The SMILES string of the molecule is CC1=CCC[C@@]2(C)[C@@H](CC[C@@]2(O)CN(CCc2cccs2)C(=O)Nc2ccccc2)c2ccc(cc2C(=O)c2ccccc2-c2ccccc2)C[C@@H](O)CC1. The highest BCUT2D eigenvalue weighted by Crippen LogP contribution is 2.59. The molecular weight excluding hydrogens is 701 g/mol. The molecule has 6 nitrogen and oxygen atoms in total. The van der Waals surface area contributed by atoms with Crippen molar-refractivity contribution in [2.45, 2.75) is 82.8 Å². The second-order valence-corrected chi connectivity index (χ2v) is 16.8. The number of allylic oxidation sites excluding steroid dienone is 2. The second-order valence-electron chi connectivity index (χ2n) is 15.7. The van der Waals surface area contributed by atoms with E-state index in [1.54, 1.807) is 16.2 Å². The average Bonchev–Trinajstić information content (AvgIpc) is 3.81. The van der Waals surface area contributed by atoms with Crippen LogP contribution in [0, 0.1) is 5.41 Å². The molecular formula is C48H52N2O4S. The van der Waals surface area contributed by atoms with Crippen LogP contribution in [0.1, 0.15) is 90.2 Å². The normalized spacial score (nSPS) is 22.7. The standard InChI is InChI=1S/C48H52N2O4S/c1-34-13-11-27-47(2)44(25-28-48(47,54)33-50(29-26-39-18-12-30-55-39)46(53)49-37-16-7-4-8-17-37)41-24-22-35(31-38(51)23-21-34)32-43(41)45(52)42-20-10-9-19-40(42)36-14-5-3-6-15-36/h3-10,12-20,22,24,30,32,38,44,51,54H,11,21,23,25-29,31,33H2,1-2H3,(H,49,53)/t38-,44-,47-,48+/m0/s1. The lowest BCUT2D eigenvalue weighted by molar-refractivity contribution is -0.0762. The molecule has 5 aromatic rings. The molecule has 0 radical (unpaired) electrons. The van der Waals surface area contributed by atoms with E-state index in [9.17, 15) is 15.0 Å². The van der Waals surface area contributed by atoms with Crippen molar-refractivity contribution in [3.63, 3.8) is 0 Å². The Morgan fingerprint density at radius 3 is 2.38 bits per heavy atom. The molecule has 55 heavy (non-hydrogen) atoms. The Labute approximate surface area is 329 Å². The lowest BCUT2D eigenvalue weighted by atomic mass is 9.64. The molecule has 2 bridgehead atoms. The molecule has 0 unspecified atom stereocenters. The summed E-state index contributed by atoms with van der Waals surface area (Å²) in [4.78, 5) is 32.1. The molecule has 284 valence electrons. The molecule has 0 saturated heterocycles. The Balaban J connectivity index is 1.30. The summed E-state index contributed by atoms with van der Waals surface area (Å²) < 4.78 is 0. The van der Waals surface area contributed by atoms with Crippen molar-refractivity contribution in [1.82, 2.24) is 4.90 Å². The van der Waals surface area contributed by atoms with Gasteiger partial charge in [-0.05, 0) is 116 Å². The van der Waals surface area contributed by atoms with Gasteiger partial charge in [0.25, 0.3) is 0 Å². The fourth-order valence-corrected chi connectivity index (χ4v) is 9.58. The molecule has 8 rings (SSSR count). The number of aliphatic hydroxyl groups is 2. The summed E-state index contributed by atoms with van der Waals surface area (Å²) in [6, 6.07) is 37.3. The number of para-hydroxylation sites is 1. The number of anilines is 1. The number of rotatable bonds is 9. The number of urea groups is 1. The van der Waals surface area contributed by atoms with Gasteiger partial charge >= 0.3 is 6.03 Å². The minimum absolute atomic E-state index is 0.0637. The third-order valence-corrected chi connectivity index (χ3v) is 13.1. The van der Waals surface area contributed by atoms with Crippen molar-refractivity contribution in [2.24, 2.45) is 5.41 Å². The van der Waals surface area contributed by atoms with Crippen LogP contribution in [-0.2, 0) is 12.8 Å². The van der Waals surface area contributed by atoms with Gasteiger partial charge in [-0.3, -0.25) is 4.79 Å². The van der Waals surface area contributed by atoms with Crippen LogP contribution in [0.25, 0.3) is 11.1 Å². The van der Waals surface area contributed by atoms with Gasteiger partial charge in [0.05, 0.1) is 18.2 Å². The number of nitrogens with zero attached hydrogens (tertiary/aromatic N) is 1. The largest absolute Gasteiger partial charge is 0.393 e. The van der Waals surface area contributed by atoms with Crippen LogP contribution in [0.2, 0.25) is 0 Å². The Morgan fingerprint density at radius 2 is 1.62 bits per heavy atom. The molecule has 7 heteroatoms. The lowest BCUT2D eigenvalue weighted by Crippen LogP contribution is -2.54. The molecule has 2 amide bonds. The van der Waals surface area contributed by atoms with E-state index in [4.69, 9.17) is 0 Å². The molecule has 1 aromatic heterocycles. The fraction of sp³-hybridized carbons (Fsp3) is 0.333. The van der Waals surface area contributed by atoms with Crippen LogP contribution in [0.3, 0.4) is 0 Å². The van der Waals surface area contributed by atoms with Crippen LogP contribution < -0.4 is 5.32 Å². The quantitative estimate of drug-likeness (QED) is 0.103. The summed E-state index contributed by atoms with van der Waals surface area (Å²) >= 11 is 1.67. The van der Waals surface area contributed by atoms with Crippen molar-refractivity contribution in [2.75, 3.05) is 18.4 Å². The van der Waals surface area contributed by atoms with Crippen molar-refractivity contribution < 1.29 is 19.8 Å². The van der Waals surface area contributed by atoms with E-state index in [1.165, 1.54) is 10.5 Å². The first kappa shape index (κ1) is 38.5. The highest BCUT2D eigenvalue weighted by atomic mass is 32.1. The maximum absolute atomic E-state index is 15.0. The minimum Gasteiger partial charge on any atom is -0.393 e. The Morgan fingerprint density at radius 1 is 0.873 bits per heavy atom. The van der Waals surface area contributed by atoms with E-state index in [0.717, 1.165) is 35.1 Å². The van der Waals surface area contributed by atoms with Gasteiger partial charge in [0.15, 0.2) is 5.78 Å². The number of nitrogens with one attached hydrogen (secondary N) is 1. The van der Waals surface area contributed by atoms with Crippen LogP contribution in [0.4, 0.5) is 10.5 Å². The number of thiophene rings is 1. The highest BCUT2D eigenvalue weighted by Gasteiger charge is 2.57. The predicted molar refractivity (Wildman–Crippen MR) is 224 cm³/mol. The monoisotopic (exact) mass is 752 g/mol. The number of amides is 2. The summed E-state index contributed by atoms with van der Waals surface area (Å²) in [5.41, 5.74) is 4.93. The van der Waals surface area contributed by atoms with E-state index in [-0.39, 0.29) is 24.3 Å². The Kier molecular flexibility index (Phi) is 11.8. The van der Waals surface area contributed by atoms with Crippen LogP contribution >= 0.6 is 11.3 Å². The van der Waals surface area contributed by atoms with Gasteiger partial charge in [-0.15, -0.1) is 11.3 Å². The number of carbonyl (C=O) groups is 2. The number of carbonyl (C=O) groups excluding carboxylic acids is 2. The molecule has 3 aliphatic rings. The zero-order chi connectivity index (χ0) is 38.4. The van der Waals surface area contributed by atoms with Gasteiger partial charge in [0.2, 0.25) is 0 Å². The first-order valence-corrected chi connectivity index (χ1v) is 20.5. The first-order chi connectivity index (χ1) is 26.6. The van der Waals surface area contributed by atoms with Gasteiger partial charge in [0, 0.05) is 33.7 Å². The first-order valence-electron chi connectivity index (χ1n) is 19.6. The summed E-state index contributed by atoms with van der Waals surface area (Å²) in [5.74, 6) is -0.224. The average molecular weight is 753 g/mol. The zero-order valence-electron chi connectivity index (χ0n) is 31.9. The van der Waals surface area contributed by atoms with E-state index < -0.39 is 17.1 Å². The molecule has 1 saturated carbocycles. The lowest BCUT2D eigenvalue weighted by Gasteiger charge is -2.46. The molecule has 3 aliphatic carbocycles. The van der Waals surface area contributed by atoms with Gasteiger partial charge in [-0.2, -0.15) is 0 Å². The van der Waals surface area contributed by atoms with Crippen LogP contribution in [0.5, 0.6) is 0 Å². The van der Waals surface area contributed by atoms with Crippen molar-refractivity contribution in [3.8, 4) is 11.1 Å². The summed E-state index contributed by atoms with van der Waals surface area (Å²) in [6.07, 6.45) is 6.82. The Bertz CT molecular complexity index is 2110. The third kappa shape index (κ3) is 8.55. The van der Waals surface area contributed by atoms with Gasteiger partial charge in [-0.25, -0.2) is 4.79 Å². The number of hydrogen-bond acceptors (Lipinski definition) is 5. The zero-order valence-corrected chi connectivity index (χ0v) is 32.7. The molecule has 4 atom stereocenters. The molecule has 0 aliphatic heterocycles. The number of ketones is 1. The molecule has 1 heterocycles. The van der Waals surface area contributed by atoms with Gasteiger partial charge in [-0.1, -0.05) is 110 Å². The topological polar surface area (TPSA) is 89.9 Å². The van der Waals surface area contributed by atoms with Crippen molar-refractivity contribution in [1.29, 1.82) is 0 Å². The molecule has 4 aromatic carbocycles. The van der Waals surface area contributed by atoms with Crippen LogP contribution in [-0.4, -0.2) is 51.7 Å². The van der Waals surface area contributed by atoms with E-state index in [2.05, 4.69) is 43.4 Å². The minimum atomic E-state index is -1.24. The number of fused-ring (bicyclic) bond motifs is 8. The second kappa shape index (κ2) is 16.9. The number of aliphatic hydroxyl groups excluding tert-OH is 1. The Hall–Kier alpha value is -4.82. The van der Waals surface area contributed by atoms with E-state index in [0.29, 0.717) is 61.9 Å². The predicted octanol–water partition coefficient (Wildman–Crippen LogP) is 10.5. The molecule has 1 fully saturated rings. The van der Waals surface area contributed by atoms with Gasteiger partial charge < -0.3 is 20.4 Å². The summed E-state index contributed by atoms with van der Waals surface area (Å²) in [5, 5.41) is 29.4. The maximum atomic E-state index is 15.0. The van der Waals surface area contributed by atoms with Crippen molar-refractivity contribution >= 4 is 28.8 Å². The number of hydrogen-bond donors (Lipinski definition) is 3. The summed E-state index contributed by atoms with van der Waals surface area (Å²) in [6.45, 7) is 4.92. The third-order valence-electron chi connectivity index (χ3n) is 12.1. The molecule has 0 spiro atoms. The van der Waals surface area contributed by atoms with Gasteiger partial charge in [0.1, 0.15) is 0 Å².